The minimum atomic E-state index is -0.269. The Morgan fingerprint density at radius 2 is 2.21 bits per heavy atom. The van der Waals surface area contributed by atoms with E-state index in [1.54, 1.807) is 11.6 Å². The Kier molecular flexibility index (Phi) is 2.57. The third kappa shape index (κ3) is 1.81. The summed E-state index contributed by atoms with van der Waals surface area (Å²) in [6.07, 6.45) is 7.21. The van der Waals surface area contributed by atoms with E-state index in [4.69, 9.17) is 0 Å². The van der Waals surface area contributed by atoms with Gasteiger partial charge in [-0.25, -0.2) is 4.79 Å². The summed E-state index contributed by atoms with van der Waals surface area (Å²) in [6.45, 7) is 0. The SMILES string of the molecule is COC(=O)/C=C1/CCC2=C(CCC2)N1. The maximum atomic E-state index is 11.0. The van der Waals surface area contributed by atoms with Crippen LogP contribution in [0.2, 0.25) is 0 Å². The number of hydrogen-bond acceptors (Lipinski definition) is 3. The summed E-state index contributed by atoms with van der Waals surface area (Å²) < 4.78 is 4.59. The Labute approximate surface area is 83.8 Å². The summed E-state index contributed by atoms with van der Waals surface area (Å²) in [6, 6.07) is 0. The molecule has 1 heterocycles. The van der Waals surface area contributed by atoms with Crippen molar-refractivity contribution in [1.82, 2.24) is 5.32 Å². The molecule has 3 heteroatoms. The highest BCUT2D eigenvalue weighted by Crippen LogP contribution is 2.32. The van der Waals surface area contributed by atoms with E-state index in [9.17, 15) is 4.79 Å². The Morgan fingerprint density at radius 1 is 1.36 bits per heavy atom. The molecule has 0 saturated heterocycles. The number of carbonyl (C=O) groups is 1. The second kappa shape index (κ2) is 3.86. The molecule has 0 amide bonds. The van der Waals surface area contributed by atoms with Crippen LogP contribution in [0.1, 0.15) is 32.1 Å². The molecular weight excluding hydrogens is 178 g/mol. The fourth-order valence-electron chi connectivity index (χ4n) is 2.08. The standard InChI is InChI=1S/C11H15NO2/c1-14-11(13)7-9-6-5-8-3-2-4-10(8)12-9/h7,12H,2-6H2,1H3/b9-7-. The fraction of sp³-hybridized carbons (Fsp3) is 0.545. The minimum absolute atomic E-state index is 0.269. The average Bonchev–Trinajstić information content (AvgIpc) is 2.64. The quantitative estimate of drug-likeness (QED) is 0.510. The molecule has 2 rings (SSSR count). The molecule has 14 heavy (non-hydrogen) atoms. The monoisotopic (exact) mass is 193 g/mol. The van der Waals surface area contributed by atoms with Crippen molar-refractivity contribution in [2.75, 3.05) is 7.11 Å². The molecule has 1 N–H and O–H groups in total. The predicted octanol–water partition coefficient (Wildman–Crippen LogP) is 1.86. The van der Waals surface area contributed by atoms with E-state index in [-0.39, 0.29) is 5.97 Å². The maximum Gasteiger partial charge on any atom is 0.332 e. The summed E-state index contributed by atoms with van der Waals surface area (Å²) in [5.74, 6) is -0.269. The Bertz CT molecular complexity index is 315. The van der Waals surface area contributed by atoms with Crippen LogP contribution in [0.15, 0.2) is 23.0 Å². The van der Waals surface area contributed by atoms with Gasteiger partial charge in [0.2, 0.25) is 0 Å². The third-order valence-corrected chi connectivity index (χ3v) is 2.83. The smallest absolute Gasteiger partial charge is 0.332 e. The van der Waals surface area contributed by atoms with E-state index < -0.39 is 0 Å². The number of esters is 1. The van der Waals surface area contributed by atoms with Crippen LogP contribution < -0.4 is 5.32 Å². The number of hydrogen-bond donors (Lipinski definition) is 1. The molecule has 0 aromatic heterocycles. The highest BCUT2D eigenvalue weighted by Gasteiger charge is 2.20. The van der Waals surface area contributed by atoms with Crippen molar-refractivity contribution in [3.05, 3.63) is 23.0 Å². The molecule has 0 atom stereocenters. The number of ether oxygens (including phenoxy) is 1. The van der Waals surface area contributed by atoms with Gasteiger partial charge in [0.15, 0.2) is 0 Å². The lowest BCUT2D eigenvalue weighted by Gasteiger charge is -2.19. The molecule has 0 radical (unpaired) electrons. The zero-order chi connectivity index (χ0) is 9.97. The van der Waals surface area contributed by atoms with Crippen LogP contribution >= 0.6 is 0 Å². The van der Waals surface area contributed by atoms with Gasteiger partial charge in [0.05, 0.1) is 7.11 Å². The van der Waals surface area contributed by atoms with E-state index in [2.05, 4.69) is 10.1 Å². The van der Waals surface area contributed by atoms with Gasteiger partial charge in [-0.15, -0.1) is 0 Å². The van der Waals surface area contributed by atoms with E-state index in [0.29, 0.717) is 0 Å². The Hall–Kier alpha value is -1.25. The van der Waals surface area contributed by atoms with Gasteiger partial charge in [-0.2, -0.15) is 0 Å². The average molecular weight is 193 g/mol. The van der Waals surface area contributed by atoms with E-state index in [0.717, 1.165) is 25.0 Å². The van der Waals surface area contributed by atoms with Crippen molar-refractivity contribution in [2.45, 2.75) is 32.1 Å². The molecule has 0 aromatic rings. The Balaban J connectivity index is 2.06. The first-order valence-corrected chi connectivity index (χ1v) is 5.06. The van der Waals surface area contributed by atoms with Gasteiger partial charge in [-0.1, -0.05) is 5.57 Å². The van der Waals surface area contributed by atoms with Crippen LogP contribution in [0.4, 0.5) is 0 Å². The van der Waals surface area contributed by atoms with Gasteiger partial charge >= 0.3 is 5.97 Å². The van der Waals surface area contributed by atoms with Crippen molar-refractivity contribution < 1.29 is 9.53 Å². The highest BCUT2D eigenvalue weighted by molar-refractivity contribution is 5.82. The predicted molar refractivity (Wildman–Crippen MR) is 53.3 cm³/mol. The van der Waals surface area contributed by atoms with E-state index >= 15 is 0 Å². The van der Waals surface area contributed by atoms with E-state index in [1.165, 1.54) is 25.6 Å². The van der Waals surface area contributed by atoms with Crippen LogP contribution in [-0.2, 0) is 9.53 Å². The molecule has 0 unspecified atom stereocenters. The normalized spacial score (nSPS) is 23.4. The summed E-state index contributed by atoms with van der Waals surface area (Å²) in [7, 11) is 1.41. The van der Waals surface area contributed by atoms with Gasteiger partial charge in [0.25, 0.3) is 0 Å². The van der Waals surface area contributed by atoms with Crippen LogP contribution in [0.5, 0.6) is 0 Å². The number of allylic oxidation sites excluding steroid dienone is 3. The molecule has 76 valence electrons. The summed E-state index contributed by atoms with van der Waals surface area (Å²) in [4.78, 5) is 11.0. The number of methoxy groups -OCH3 is 1. The molecule has 2 aliphatic rings. The van der Waals surface area contributed by atoms with Crippen molar-refractivity contribution in [3.8, 4) is 0 Å². The van der Waals surface area contributed by atoms with Crippen molar-refractivity contribution in [1.29, 1.82) is 0 Å². The van der Waals surface area contributed by atoms with Crippen LogP contribution in [0.3, 0.4) is 0 Å². The molecule has 1 aliphatic carbocycles. The van der Waals surface area contributed by atoms with Crippen LogP contribution in [0.25, 0.3) is 0 Å². The second-order valence-corrected chi connectivity index (χ2v) is 3.75. The summed E-state index contributed by atoms with van der Waals surface area (Å²) in [5, 5.41) is 3.32. The third-order valence-electron chi connectivity index (χ3n) is 2.83. The summed E-state index contributed by atoms with van der Waals surface area (Å²) in [5.41, 5.74) is 3.89. The van der Waals surface area contributed by atoms with Crippen LogP contribution in [-0.4, -0.2) is 13.1 Å². The molecular formula is C11H15NO2. The topological polar surface area (TPSA) is 38.3 Å². The molecule has 0 aromatic carbocycles. The lowest BCUT2D eigenvalue weighted by molar-refractivity contribution is -0.134. The summed E-state index contributed by atoms with van der Waals surface area (Å²) >= 11 is 0. The van der Waals surface area contributed by atoms with Gasteiger partial charge in [0.1, 0.15) is 0 Å². The maximum absolute atomic E-state index is 11.0. The lowest BCUT2D eigenvalue weighted by Crippen LogP contribution is -2.18. The van der Waals surface area contributed by atoms with Crippen molar-refractivity contribution in [2.24, 2.45) is 0 Å². The second-order valence-electron chi connectivity index (χ2n) is 3.75. The molecule has 0 saturated carbocycles. The van der Waals surface area contributed by atoms with Crippen molar-refractivity contribution >= 4 is 5.97 Å². The zero-order valence-corrected chi connectivity index (χ0v) is 8.43. The highest BCUT2D eigenvalue weighted by atomic mass is 16.5. The van der Waals surface area contributed by atoms with Gasteiger partial charge in [-0.05, 0) is 32.1 Å². The van der Waals surface area contributed by atoms with Gasteiger partial charge < -0.3 is 10.1 Å². The van der Waals surface area contributed by atoms with Gasteiger partial charge in [-0.3, -0.25) is 0 Å². The number of carbonyl (C=O) groups excluding carboxylic acids is 1. The van der Waals surface area contributed by atoms with Crippen LogP contribution in [0, 0.1) is 0 Å². The first-order chi connectivity index (χ1) is 6.79. The Morgan fingerprint density at radius 3 is 3.00 bits per heavy atom. The van der Waals surface area contributed by atoms with Crippen molar-refractivity contribution in [3.63, 3.8) is 0 Å². The molecule has 0 fully saturated rings. The van der Waals surface area contributed by atoms with Gasteiger partial charge in [0, 0.05) is 17.5 Å². The molecule has 3 nitrogen and oxygen atoms in total. The first kappa shape index (κ1) is 9.31. The lowest BCUT2D eigenvalue weighted by atomic mass is 10.0. The number of nitrogens with one attached hydrogen (secondary N) is 1. The minimum Gasteiger partial charge on any atom is -0.466 e. The number of rotatable bonds is 1. The molecule has 0 spiro atoms. The van der Waals surface area contributed by atoms with E-state index in [1.807, 2.05) is 0 Å². The zero-order valence-electron chi connectivity index (χ0n) is 8.43. The first-order valence-electron chi connectivity index (χ1n) is 5.06. The fourth-order valence-corrected chi connectivity index (χ4v) is 2.08. The molecule has 0 bridgehead atoms. The molecule has 1 aliphatic heterocycles. The largest absolute Gasteiger partial charge is 0.466 e.